The molecule has 0 radical (unpaired) electrons. The molecule has 20 heavy (non-hydrogen) atoms. The van der Waals surface area contributed by atoms with Crippen molar-refractivity contribution in [3.05, 3.63) is 58.9 Å². The summed E-state index contributed by atoms with van der Waals surface area (Å²) in [6.45, 7) is 2.01. The first kappa shape index (κ1) is 14.4. The van der Waals surface area contributed by atoms with Gasteiger partial charge in [-0.2, -0.15) is 0 Å². The molecule has 0 saturated heterocycles. The first-order valence-electron chi connectivity index (χ1n) is 6.08. The number of benzene rings is 2. The second-order valence-electron chi connectivity index (χ2n) is 4.43. The summed E-state index contributed by atoms with van der Waals surface area (Å²) in [5.41, 5.74) is 1.05. The molecule has 2 nitrogen and oxygen atoms in total. The minimum atomic E-state index is -0.820. The molecular weight excluding hydrogens is 267 g/mol. The predicted molar refractivity (Wildman–Crippen MR) is 70.3 cm³/mol. The third-order valence-corrected chi connectivity index (χ3v) is 2.80. The maximum absolute atomic E-state index is 13.9. The zero-order valence-corrected chi connectivity index (χ0v) is 11.1. The van der Waals surface area contributed by atoms with Crippen LogP contribution in [-0.4, -0.2) is 7.05 Å². The van der Waals surface area contributed by atoms with Crippen molar-refractivity contribution in [3.8, 4) is 11.5 Å². The first-order chi connectivity index (χ1) is 9.51. The largest absolute Gasteiger partial charge is 0.451 e. The number of nitrogens with one attached hydrogen (secondary N) is 1. The minimum Gasteiger partial charge on any atom is -0.451 e. The molecule has 2 rings (SSSR count). The molecule has 0 atom stereocenters. The van der Waals surface area contributed by atoms with E-state index in [4.69, 9.17) is 4.74 Å². The third-order valence-electron chi connectivity index (χ3n) is 2.80. The van der Waals surface area contributed by atoms with Crippen LogP contribution in [0, 0.1) is 24.4 Å². The Balaban J connectivity index is 2.36. The lowest BCUT2D eigenvalue weighted by Crippen LogP contribution is -2.06. The Morgan fingerprint density at radius 1 is 1.05 bits per heavy atom. The van der Waals surface area contributed by atoms with Gasteiger partial charge < -0.3 is 10.1 Å². The van der Waals surface area contributed by atoms with Gasteiger partial charge in [0.1, 0.15) is 11.6 Å². The van der Waals surface area contributed by atoms with Crippen LogP contribution in [0.25, 0.3) is 0 Å². The maximum atomic E-state index is 13.9. The normalized spacial score (nSPS) is 10.7. The second-order valence-corrected chi connectivity index (χ2v) is 4.43. The monoisotopic (exact) mass is 281 g/mol. The van der Waals surface area contributed by atoms with Gasteiger partial charge in [-0.05, 0) is 43.3 Å². The Morgan fingerprint density at radius 3 is 2.30 bits per heavy atom. The van der Waals surface area contributed by atoms with Crippen LogP contribution in [0.1, 0.15) is 11.1 Å². The van der Waals surface area contributed by atoms with Crippen LogP contribution < -0.4 is 10.1 Å². The van der Waals surface area contributed by atoms with Crippen LogP contribution in [0.15, 0.2) is 30.3 Å². The molecule has 0 heterocycles. The van der Waals surface area contributed by atoms with E-state index in [-0.39, 0.29) is 5.75 Å². The van der Waals surface area contributed by atoms with E-state index in [0.717, 1.165) is 6.07 Å². The number of rotatable bonds is 4. The van der Waals surface area contributed by atoms with Crippen molar-refractivity contribution < 1.29 is 17.9 Å². The van der Waals surface area contributed by atoms with Gasteiger partial charge in [-0.1, -0.05) is 6.07 Å². The number of hydrogen-bond acceptors (Lipinski definition) is 2. The lowest BCUT2D eigenvalue weighted by atomic mass is 10.2. The highest BCUT2D eigenvalue weighted by Gasteiger charge is 2.15. The van der Waals surface area contributed by atoms with Crippen molar-refractivity contribution >= 4 is 0 Å². The van der Waals surface area contributed by atoms with Gasteiger partial charge in [-0.15, -0.1) is 0 Å². The van der Waals surface area contributed by atoms with Crippen LogP contribution in [0.3, 0.4) is 0 Å². The van der Waals surface area contributed by atoms with E-state index in [9.17, 15) is 13.2 Å². The Labute approximate surface area is 115 Å². The predicted octanol–water partition coefficient (Wildman–Crippen LogP) is 3.92. The molecule has 106 valence electrons. The molecule has 0 spiro atoms. The van der Waals surface area contributed by atoms with Gasteiger partial charge in [0.25, 0.3) is 0 Å². The fourth-order valence-electron chi connectivity index (χ4n) is 1.81. The Kier molecular flexibility index (Phi) is 4.29. The maximum Gasteiger partial charge on any atom is 0.198 e. The summed E-state index contributed by atoms with van der Waals surface area (Å²) in [4.78, 5) is 0. The van der Waals surface area contributed by atoms with Gasteiger partial charge in [-0.3, -0.25) is 0 Å². The van der Waals surface area contributed by atoms with Crippen LogP contribution >= 0.6 is 0 Å². The molecule has 0 aliphatic heterocycles. The van der Waals surface area contributed by atoms with Crippen molar-refractivity contribution in [1.82, 2.24) is 5.32 Å². The van der Waals surface area contributed by atoms with E-state index in [1.54, 1.807) is 14.0 Å². The molecule has 0 unspecified atom stereocenters. The Morgan fingerprint density at radius 2 is 1.70 bits per heavy atom. The van der Waals surface area contributed by atoms with E-state index in [1.165, 1.54) is 24.3 Å². The molecule has 0 amide bonds. The summed E-state index contributed by atoms with van der Waals surface area (Å²) in [5.74, 6) is -2.61. The number of halogens is 3. The molecule has 2 aromatic rings. The van der Waals surface area contributed by atoms with Gasteiger partial charge in [0.15, 0.2) is 17.4 Å². The molecule has 0 aliphatic carbocycles. The lowest BCUT2D eigenvalue weighted by molar-refractivity contribution is 0.402. The average Bonchev–Trinajstić information content (AvgIpc) is 2.38. The van der Waals surface area contributed by atoms with E-state index in [2.05, 4.69) is 5.32 Å². The number of aryl methyl sites for hydroxylation is 1. The van der Waals surface area contributed by atoms with Crippen LogP contribution in [-0.2, 0) is 6.54 Å². The molecule has 0 bridgehead atoms. The van der Waals surface area contributed by atoms with Crippen molar-refractivity contribution in [2.45, 2.75) is 13.5 Å². The molecular formula is C15H14F3NO. The SMILES string of the molecule is CNCc1cc(F)c(Oc2cc(F)ccc2C)c(F)c1. The molecule has 2 aromatic carbocycles. The van der Waals surface area contributed by atoms with Crippen molar-refractivity contribution in [1.29, 1.82) is 0 Å². The van der Waals surface area contributed by atoms with Gasteiger partial charge in [0.2, 0.25) is 0 Å². The topological polar surface area (TPSA) is 21.3 Å². The molecule has 1 N–H and O–H groups in total. The lowest BCUT2D eigenvalue weighted by Gasteiger charge is -2.11. The third kappa shape index (κ3) is 3.11. The fourth-order valence-corrected chi connectivity index (χ4v) is 1.81. The molecule has 0 fully saturated rings. The molecule has 5 heteroatoms. The van der Waals surface area contributed by atoms with Gasteiger partial charge >= 0.3 is 0 Å². The van der Waals surface area contributed by atoms with E-state index in [1.807, 2.05) is 0 Å². The fraction of sp³-hybridized carbons (Fsp3) is 0.200. The minimum absolute atomic E-state index is 0.0872. The Bertz CT molecular complexity index is 606. The molecule has 0 saturated carbocycles. The van der Waals surface area contributed by atoms with Crippen molar-refractivity contribution in [3.63, 3.8) is 0 Å². The molecule has 0 aliphatic rings. The van der Waals surface area contributed by atoms with Crippen LogP contribution in [0.2, 0.25) is 0 Å². The van der Waals surface area contributed by atoms with Gasteiger partial charge in [0, 0.05) is 12.6 Å². The van der Waals surface area contributed by atoms with Gasteiger partial charge in [0.05, 0.1) is 0 Å². The standard InChI is InChI=1S/C15H14F3NO/c1-9-3-4-11(16)7-14(9)20-15-12(17)5-10(8-19-2)6-13(15)18/h3-7,19H,8H2,1-2H3. The number of hydrogen-bond donors (Lipinski definition) is 1. The highest BCUT2D eigenvalue weighted by Crippen LogP contribution is 2.31. The summed E-state index contributed by atoms with van der Waals surface area (Å²) in [5, 5.41) is 2.80. The summed E-state index contributed by atoms with van der Waals surface area (Å²) < 4.78 is 46.0. The number of ether oxygens (including phenoxy) is 1. The van der Waals surface area contributed by atoms with Crippen LogP contribution in [0.5, 0.6) is 11.5 Å². The smallest absolute Gasteiger partial charge is 0.198 e. The second kappa shape index (κ2) is 5.96. The van der Waals surface area contributed by atoms with E-state index in [0.29, 0.717) is 17.7 Å². The van der Waals surface area contributed by atoms with Gasteiger partial charge in [-0.25, -0.2) is 13.2 Å². The average molecular weight is 281 g/mol. The summed E-state index contributed by atoms with van der Waals surface area (Å²) >= 11 is 0. The quantitative estimate of drug-likeness (QED) is 0.917. The van der Waals surface area contributed by atoms with Crippen molar-refractivity contribution in [2.24, 2.45) is 0 Å². The highest BCUT2D eigenvalue weighted by molar-refractivity contribution is 5.39. The van der Waals surface area contributed by atoms with E-state index >= 15 is 0 Å². The Hall–Kier alpha value is -2.01. The van der Waals surface area contributed by atoms with E-state index < -0.39 is 23.2 Å². The zero-order chi connectivity index (χ0) is 14.7. The zero-order valence-electron chi connectivity index (χ0n) is 11.1. The van der Waals surface area contributed by atoms with Crippen molar-refractivity contribution in [2.75, 3.05) is 7.05 Å². The summed E-state index contributed by atoms with van der Waals surface area (Å²) in [6, 6.07) is 6.20. The van der Waals surface area contributed by atoms with Crippen LogP contribution in [0.4, 0.5) is 13.2 Å². The summed E-state index contributed by atoms with van der Waals surface area (Å²) in [7, 11) is 1.68. The highest BCUT2D eigenvalue weighted by atomic mass is 19.1. The summed E-state index contributed by atoms with van der Waals surface area (Å²) in [6.07, 6.45) is 0. The molecule has 0 aromatic heterocycles. The first-order valence-corrected chi connectivity index (χ1v) is 6.08.